The van der Waals surface area contributed by atoms with E-state index in [-0.39, 0.29) is 0 Å². The fraction of sp³-hybridized carbons (Fsp3) is 0.333. The summed E-state index contributed by atoms with van der Waals surface area (Å²) in [7, 11) is -2.51. The van der Waals surface area contributed by atoms with Crippen molar-refractivity contribution in [1.29, 1.82) is 0 Å². The van der Waals surface area contributed by atoms with Gasteiger partial charge in [-0.15, -0.1) is 0 Å². The van der Waals surface area contributed by atoms with Crippen LogP contribution in [0.4, 0.5) is 0 Å². The summed E-state index contributed by atoms with van der Waals surface area (Å²) in [5.41, 5.74) is 14.7. The molecule has 1 aliphatic rings. The first kappa shape index (κ1) is 24.5. The average Bonchev–Trinajstić information content (AvgIpc) is 2.94. The van der Waals surface area contributed by atoms with Gasteiger partial charge in [-0.25, -0.2) is 0 Å². The number of benzene rings is 3. The lowest BCUT2D eigenvalue weighted by molar-refractivity contribution is 1.09. The van der Waals surface area contributed by atoms with Gasteiger partial charge in [-0.05, 0) is 95.9 Å². The maximum atomic E-state index is 2.50. The van der Waals surface area contributed by atoms with Gasteiger partial charge in [-0.1, -0.05) is 99.1 Å². The van der Waals surface area contributed by atoms with Gasteiger partial charge in [0.25, 0.3) is 0 Å². The Hall–Kier alpha value is -2.64. The van der Waals surface area contributed by atoms with Gasteiger partial charge in [0.05, 0.1) is 0 Å². The Balaban J connectivity index is 2.28. The Morgan fingerprint density at radius 3 is 1.26 bits per heavy atom. The highest BCUT2D eigenvalue weighted by Gasteiger charge is 2.51. The molecule has 0 N–H and O–H groups in total. The predicted molar refractivity (Wildman–Crippen MR) is 153 cm³/mol. The van der Waals surface area contributed by atoms with Crippen LogP contribution in [-0.2, 0) is 0 Å². The molecular weight excluding hydrogens is 424 g/mol. The fourth-order valence-electron chi connectivity index (χ4n) is 6.65. The molecule has 0 spiro atoms. The number of hydrogen-bond acceptors (Lipinski definition) is 0. The van der Waals surface area contributed by atoms with Crippen LogP contribution in [0.1, 0.15) is 61.1 Å². The summed E-state index contributed by atoms with van der Waals surface area (Å²) in [6, 6.07) is 21.7. The molecule has 34 heavy (non-hydrogen) atoms. The molecule has 0 radical (unpaired) electrons. The van der Waals surface area contributed by atoms with E-state index in [1.54, 1.807) is 21.5 Å². The molecule has 0 aliphatic heterocycles. The van der Waals surface area contributed by atoms with Gasteiger partial charge >= 0.3 is 0 Å². The zero-order valence-electron chi connectivity index (χ0n) is 22.8. The Kier molecular flexibility index (Phi) is 6.38. The highest BCUT2D eigenvalue weighted by molar-refractivity contribution is 7.13. The minimum absolute atomic E-state index is 0.413. The molecule has 0 nitrogen and oxygen atoms in total. The van der Waals surface area contributed by atoms with E-state index in [4.69, 9.17) is 0 Å². The first-order valence-corrected chi connectivity index (χ1v) is 14.7. The molecule has 0 unspecified atom stereocenters. The Bertz CT molecular complexity index is 1250. The molecule has 176 valence electrons. The minimum Gasteiger partial charge on any atom is -0.0647 e. The van der Waals surface area contributed by atoms with Crippen LogP contribution in [0.5, 0.6) is 0 Å². The first-order valence-electron chi connectivity index (χ1n) is 12.6. The van der Waals surface area contributed by atoms with Gasteiger partial charge in [-0.2, -0.15) is 0 Å². The molecule has 0 aromatic heterocycles. The van der Waals surface area contributed by atoms with Crippen molar-refractivity contribution >= 4 is 23.6 Å². The monoisotopic (exact) mass is 464 g/mol. The Morgan fingerprint density at radius 1 is 0.471 bits per heavy atom. The second kappa shape index (κ2) is 8.85. The molecule has 3 aromatic rings. The molecule has 3 aromatic carbocycles. The van der Waals surface area contributed by atoms with Crippen LogP contribution >= 0.6 is 0 Å². The highest BCUT2D eigenvalue weighted by Crippen LogP contribution is 2.47. The van der Waals surface area contributed by atoms with Gasteiger partial charge < -0.3 is 0 Å². The van der Waals surface area contributed by atoms with E-state index >= 15 is 0 Å². The van der Waals surface area contributed by atoms with Crippen molar-refractivity contribution in [3.8, 4) is 0 Å². The zero-order chi connectivity index (χ0) is 24.9. The van der Waals surface area contributed by atoms with Crippen LogP contribution in [0.25, 0.3) is 0 Å². The van der Waals surface area contributed by atoms with E-state index < -0.39 is 8.07 Å². The Morgan fingerprint density at radius 2 is 0.882 bits per heavy atom. The van der Waals surface area contributed by atoms with Crippen molar-refractivity contribution in [1.82, 2.24) is 0 Å². The standard InChI is InChI=1S/C33H40Si/c1-20-11-13-31(24(5)16-20)34(30-18-22(3)15-23(4)19-30,32-14-12-21(2)17-25(32)6)33-28(9)26(7)27(8)29(33)10/h11-19,33H,1-10H3. The second-order valence-electron chi connectivity index (χ2n) is 10.9. The molecule has 1 aliphatic carbocycles. The van der Waals surface area contributed by atoms with E-state index in [0.717, 1.165) is 0 Å². The van der Waals surface area contributed by atoms with Gasteiger partial charge in [0.1, 0.15) is 0 Å². The van der Waals surface area contributed by atoms with Crippen LogP contribution in [-0.4, -0.2) is 8.07 Å². The lowest BCUT2D eigenvalue weighted by Crippen LogP contribution is -2.71. The summed E-state index contributed by atoms with van der Waals surface area (Å²) >= 11 is 0. The summed E-state index contributed by atoms with van der Waals surface area (Å²) in [5, 5.41) is 4.65. The lowest BCUT2D eigenvalue weighted by atomic mass is 10.1. The van der Waals surface area contributed by atoms with E-state index in [0.29, 0.717) is 5.54 Å². The van der Waals surface area contributed by atoms with Gasteiger partial charge in [0.15, 0.2) is 8.07 Å². The number of rotatable bonds is 4. The van der Waals surface area contributed by atoms with Crippen molar-refractivity contribution in [2.24, 2.45) is 0 Å². The van der Waals surface area contributed by atoms with E-state index in [2.05, 4.69) is 124 Å². The number of hydrogen-bond donors (Lipinski definition) is 0. The summed E-state index contributed by atoms with van der Waals surface area (Å²) < 4.78 is 0. The molecule has 0 fully saturated rings. The molecule has 0 atom stereocenters. The number of allylic oxidation sites excluding steroid dienone is 4. The molecule has 0 saturated carbocycles. The summed E-state index contributed by atoms with van der Waals surface area (Å²) in [5.74, 6) is 0. The maximum Gasteiger partial charge on any atom is 0.159 e. The summed E-state index contributed by atoms with van der Waals surface area (Å²) in [4.78, 5) is 0. The van der Waals surface area contributed by atoms with Crippen molar-refractivity contribution in [2.45, 2.75) is 74.8 Å². The molecule has 0 amide bonds. The lowest BCUT2D eigenvalue weighted by Gasteiger charge is -2.43. The fourth-order valence-corrected chi connectivity index (χ4v) is 13.2. The van der Waals surface area contributed by atoms with Crippen LogP contribution in [0, 0.1) is 41.5 Å². The third-order valence-electron chi connectivity index (χ3n) is 8.34. The molecule has 4 rings (SSSR count). The molecule has 1 heteroatoms. The SMILES string of the molecule is CC1=C(C)C([Si](c2cc(C)cc(C)c2)(c2ccc(C)cc2C)c2ccc(C)cc2C)C(C)=C1C. The highest BCUT2D eigenvalue weighted by atomic mass is 28.3. The van der Waals surface area contributed by atoms with Crippen molar-refractivity contribution in [2.75, 3.05) is 0 Å². The van der Waals surface area contributed by atoms with Gasteiger partial charge in [0, 0.05) is 5.54 Å². The van der Waals surface area contributed by atoms with Crippen molar-refractivity contribution < 1.29 is 0 Å². The molecule has 0 bridgehead atoms. The predicted octanol–water partition coefficient (Wildman–Crippen LogP) is 7.06. The number of aryl methyl sites for hydroxylation is 6. The van der Waals surface area contributed by atoms with E-state index in [1.165, 1.54) is 49.7 Å². The largest absolute Gasteiger partial charge is 0.159 e. The summed E-state index contributed by atoms with van der Waals surface area (Å²) in [6.45, 7) is 23.1. The minimum atomic E-state index is -2.51. The van der Waals surface area contributed by atoms with Crippen LogP contribution in [0.3, 0.4) is 0 Å². The van der Waals surface area contributed by atoms with Gasteiger partial charge in [0.2, 0.25) is 0 Å². The van der Waals surface area contributed by atoms with Crippen molar-refractivity contribution in [3.63, 3.8) is 0 Å². The third-order valence-corrected chi connectivity index (χ3v) is 14.1. The van der Waals surface area contributed by atoms with Crippen LogP contribution in [0.15, 0.2) is 76.9 Å². The van der Waals surface area contributed by atoms with Crippen LogP contribution in [0.2, 0.25) is 5.54 Å². The molecule has 0 saturated heterocycles. The quantitative estimate of drug-likeness (QED) is 0.286. The molecule has 0 heterocycles. The van der Waals surface area contributed by atoms with E-state index in [9.17, 15) is 0 Å². The smallest absolute Gasteiger partial charge is 0.0647 e. The maximum absolute atomic E-state index is 2.51. The van der Waals surface area contributed by atoms with Gasteiger partial charge in [-0.3, -0.25) is 0 Å². The average molecular weight is 465 g/mol. The van der Waals surface area contributed by atoms with E-state index in [1.807, 2.05) is 0 Å². The summed E-state index contributed by atoms with van der Waals surface area (Å²) in [6.07, 6.45) is 0. The second-order valence-corrected chi connectivity index (χ2v) is 14.7. The molecular formula is C33H40Si. The topological polar surface area (TPSA) is 0 Å². The van der Waals surface area contributed by atoms with Crippen molar-refractivity contribution in [3.05, 3.63) is 110 Å². The first-order chi connectivity index (χ1) is 16.0. The normalized spacial score (nSPS) is 15.0. The van der Waals surface area contributed by atoms with Crippen LogP contribution < -0.4 is 15.6 Å². The Labute approximate surface area is 208 Å². The third kappa shape index (κ3) is 3.75. The zero-order valence-corrected chi connectivity index (χ0v) is 23.8.